The standard InChI is InChI=1S/C13H12ClN3/c1-3-10-5-4-6-11(7-10)16-12-9(2)8-15-13(14)17-12/h3-8H,1H2,2H3,(H,15,16,17). The van der Waals surface area contributed by atoms with Gasteiger partial charge in [0, 0.05) is 17.4 Å². The Labute approximate surface area is 105 Å². The van der Waals surface area contributed by atoms with Crippen LogP contribution in [0.2, 0.25) is 5.28 Å². The highest BCUT2D eigenvalue weighted by atomic mass is 35.5. The summed E-state index contributed by atoms with van der Waals surface area (Å²) in [5.41, 5.74) is 2.94. The van der Waals surface area contributed by atoms with Gasteiger partial charge in [-0.25, -0.2) is 9.97 Å². The highest BCUT2D eigenvalue weighted by Crippen LogP contribution is 2.20. The van der Waals surface area contributed by atoms with Gasteiger partial charge in [0.2, 0.25) is 5.28 Å². The predicted octanol–water partition coefficient (Wildman–Crippen LogP) is 3.83. The Morgan fingerprint density at radius 1 is 1.41 bits per heavy atom. The monoisotopic (exact) mass is 245 g/mol. The molecule has 0 bridgehead atoms. The quantitative estimate of drug-likeness (QED) is 0.836. The maximum absolute atomic E-state index is 5.76. The first-order chi connectivity index (χ1) is 8.19. The Morgan fingerprint density at radius 3 is 3.00 bits per heavy atom. The molecule has 1 aromatic carbocycles. The summed E-state index contributed by atoms with van der Waals surface area (Å²) in [7, 11) is 0. The van der Waals surface area contributed by atoms with Crippen molar-refractivity contribution in [2.45, 2.75) is 6.92 Å². The second-order valence-electron chi connectivity index (χ2n) is 3.63. The van der Waals surface area contributed by atoms with Gasteiger partial charge in [-0.1, -0.05) is 24.8 Å². The molecule has 17 heavy (non-hydrogen) atoms. The molecule has 0 aliphatic heterocycles. The van der Waals surface area contributed by atoms with Gasteiger partial charge in [-0.2, -0.15) is 0 Å². The summed E-state index contributed by atoms with van der Waals surface area (Å²) in [6, 6.07) is 7.89. The normalized spacial score (nSPS) is 10.0. The lowest BCUT2D eigenvalue weighted by Gasteiger charge is -2.08. The zero-order valence-corrected chi connectivity index (χ0v) is 10.2. The molecule has 0 aliphatic carbocycles. The number of benzene rings is 1. The molecule has 86 valence electrons. The van der Waals surface area contributed by atoms with Crippen LogP contribution in [-0.4, -0.2) is 9.97 Å². The van der Waals surface area contributed by atoms with Gasteiger partial charge in [0.25, 0.3) is 0 Å². The lowest BCUT2D eigenvalue weighted by molar-refractivity contribution is 1.13. The van der Waals surface area contributed by atoms with E-state index in [1.165, 1.54) is 0 Å². The van der Waals surface area contributed by atoms with E-state index < -0.39 is 0 Å². The summed E-state index contributed by atoms with van der Waals surface area (Å²) in [6.07, 6.45) is 3.49. The fourth-order valence-electron chi connectivity index (χ4n) is 1.43. The number of nitrogens with one attached hydrogen (secondary N) is 1. The molecule has 0 radical (unpaired) electrons. The van der Waals surface area contributed by atoms with Crippen molar-refractivity contribution in [2.75, 3.05) is 5.32 Å². The smallest absolute Gasteiger partial charge is 0.224 e. The van der Waals surface area contributed by atoms with Gasteiger partial charge in [-0.05, 0) is 36.2 Å². The van der Waals surface area contributed by atoms with Crippen LogP contribution in [-0.2, 0) is 0 Å². The minimum atomic E-state index is 0.234. The maximum Gasteiger partial charge on any atom is 0.224 e. The number of nitrogens with zero attached hydrogens (tertiary/aromatic N) is 2. The lowest BCUT2D eigenvalue weighted by atomic mass is 10.2. The Balaban J connectivity index is 2.30. The van der Waals surface area contributed by atoms with Crippen LogP contribution < -0.4 is 5.32 Å². The van der Waals surface area contributed by atoms with Gasteiger partial charge >= 0.3 is 0 Å². The van der Waals surface area contributed by atoms with Crippen molar-refractivity contribution >= 4 is 29.2 Å². The average molecular weight is 246 g/mol. The second-order valence-corrected chi connectivity index (χ2v) is 3.96. The van der Waals surface area contributed by atoms with Crippen molar-refractivity contribution in [1.82, 2.24) is 9.97 Å². The molecule has 3 nitrogen and oxygen atoms in total. The van der Waals surface area contributed by atoms with E-state index in [1.807, 2.05) is 31.2 Å². The van der Waals surface area contributed by atoms with E-state index in [0.717, 1.165) is 16.8 Å². The molecule has 0 fully saturated rings. The van der Waals surface area contributed by atoms with Gasteiger partial charge in [-0.3, -0.25) is 0 Å². The number of aromatic nitrogens is 2. The third kappa shape index (κ3) is 2.82. The van der Waals surface area contributed by atoms with Crippen LogP contribution in [0, 0.1) is 6.92 Å². The van der Waals surface area contributed by atoms with E-state index in [2.05, 4.69) is 21.9 Å². The van der Waals surface area contributed by atoms with Crippen LogP contribution in [0.3, 0.4) is 0 Å². The van der Waals surface area contributed by atoms with Gasteiger partial charge in [0.1, 0.15) is 5.82 Å². The summed E-state index contributed by atoms with van der Waals surface area (Å²) in [4.78, 5) is 8.05. The summed E-state index contributed by atoms with van der Waals surface area (Å²) < 4.78 is 0. The fraction of sp³-hybridized carbons (Fsp3) is 0.0769. The van der Waals surface area contributed by atoms with Gasteiger partial charge in [0.05, 0.1) is 0 Å². The minimum Gasteiger partial charge on any atom is -0.340 e. The first-order valence-electron chi connectivity index (χ1n) is 5.17. The van der Waals surface area contributed by atoms with E-state index in [9.17, 15) is 0 Å². The van der Waals surface area contributed by atoms with Crippen LogP contribution in [0.4, 0.5) is 11.5 Å². The molecular formula is C13H12ClN3. The molecule has 0 saturated heterocycles. The molecule has 0 atom stereocenters. The van der Waals surface area contributed by atoms with E-state index in [1.54, 1.807) is 12.3 Å². The van der Waals surface area contributed by atoms with Crippen molar-refractivity contribution in [3.63, 3.8) is 0 Å². The number of aryl methyl sites for hydroxylation is 1. The molecule has 0 spiro atoms. The zero-order valence-electron chi connectivity index (χ0n) is 9.44. The second kappa shape index (κ2) is 4.97. The SMILES string of the molecule is C=Cc1cccc(Nc2nc(Cl)ncc2C)c1. The Kier molecular flexibility index (Phi) is 3.40. The summed E-state index contributed by atoms with van der Waals surface area (Å²) in [5, 5.41) is 3.44. The van der Waals surface area contributed by atoms with Crippen molar-refractivity contribution in [2.24, 2.45) is 0 Å². The topological polar surface area (TPSA) is 37.8 Å². The average Bonchev–Trinajstić information content (AvgIpc) is 2.34. The van der Waals surface area contributed by atoms with Crippen molar-refractivity contribution in [1.29, 1.82) is 0 Å². The number of hydrogen-bond acceptors (Lipinski definition) is 3. The molecule has 4 heteroatoms. The largest absolute Gasteiger partial charge is 0.340 e. The number of hydrogen-bond donors (Lipinski definition) is 1. The van der Waals surface area contributed by atoms with Crippen molar-refractivity contribution < 1.29 is 0 Å². The predicted molar refractivity (Wildman–Crippen MR) is 71.6 cm³/mol. The molecule has 2 rings (SSSR count). The fourth-order valence-corrected chi connectivity index (χ4v) is 1.56. The van der Waals surface area contributed by atoms with Crippen LogP contribution >= 0.6 is 11.6 Å². The molecule has 2 aromatic rings. The van der Waals surface area contributed by atoms with E-state index in [4.69, 9.17) is 11.6 Å². The Morgan fingerprint density at radius 2 is 2.24 bits per heavy atom. The molecule has 1 aromatic heterocycles. The highest BCUT2D eigenvalue weighted by Gasteiger charge is 2.02. The molecule has 0 aliphatic rings. The molecule has 1 N–H and O–H groups in total. The summed E-state index contributed by atoms with van der Waals surface area (Å²) in [6.45, 7) is 5.66. The van der Waals surface area contributed by atoms with Crippen LogP contribution in [0.25, 0.3) is 6.08 Å². The first-order valence-corrected chi connectivity index (χ1v) is 5.55. The minimum absolute atomic E-state index is 0.234. The molecule has 0 amide bonds. The lowest BCUT2D eigenvalue weighted by Crippen LogP contribution is -1.98. The Hall–Kier alpha value is -1.87. The Bertz CT molecular complexity index is 552. The molecule has 1 heterocycles. The highest BCUT2D eigenvalue weighted by molar-refractivity contribution is 6.28. The molecule has 0 saturated carbocycles. The van der Waals surface area contributed by atoms with Crippen LogP contribution in [0.1, 0.15) is 11.1 Å². The molecular weight excluding hydrogens is 234 g/mol. The number of anilines is 2. The summed E-state index contributed by atoms with van der Waals surface area (Å²) in [5.74, 6) is 0.714. The van der Waals surface area contributed by atoms with E-state index in [0.29, 0.717) is 5.82 Å². The van der Waals surface area contributed by atoms with Crippen LogP contribution in [0.15, 0.2) is 37.0 Å². The zero-order chi connectivity index (χ0) is 12.3. The van der Waals surface area contributed by atoms with E-state index >= 15 is 0 Å². The molecule has 0 unspecified atom stereocenters. The van der Waals surface area contributed by atoms with Crippen molar-refractivity contribution in [3.05, 3.63) is 53.5 Å². The van der Waals surface area contributed by atoms with E-state index in [-0.39, 0.29) is 5.28 Å². The first kappa shape index (κ1) is 11.6. The third-order valence-electron chi connectivity index (χ3n) is 2.33. The van der Waals surface area contributed by atoms with Crippen molar-refractivity contribution in [3.8, 4) is 0 Å². The maximum atomic E-state index is 5.76. The van der Waals surface area contributed by atoms with Crippen LogP contribution in [0.5, 0.6) is 0 Å². The summed E-state index contributed by atoms with van der Waals surface area (Å²) >= 11 is 5.76. The van der Waals surface area contributed by atoms with Gasteiger partial charge < -0.3 is 5.32 Å². The van der Waals surface area contributed by atoms with Gasteiger partial charge in [0.15, 0.2) is 0 Å². The number of halogens is 1. The number of rotatable bonds is 3. The third-order valence-corrected chi connectivity index (χ3v) is 2.51. The van der Waals surface area contributed by atoms with Gasteiger partial charge in [-0.15, -0.1) is 0 Å².